The summed E-state index contributed by atoms with van der Waals surface area (Å²) in [5, 5.41) is 8.95. The van der Waals surface area contributed by atoms with E-state index in [9.17, 15) is 0 Å². The van der Waals surface area contributed by atoms with Crippen molar-refractivity contribution in [1.82, 2.24) is 9.88 Å². The number of aromatic nitrogens is 1. The molecule has 3 nitrogen and oxygen atoms in total. The highest BCUT2D eigenvalue weighted by atomic mass is 32.1. The molecule has 0 spiro atoms. The molecule has 8 aromatic carbocycles. The van der Waals surface area contributed by atoms with Gasteiger partial charge in [-0.2, -0.15) is 0 Å². The van der Waals surface area contributed by atoms with Gasteiger partial charge in [-0.15, -0.1) is 11.3 Å². The number of rotatable bonds is 7. The van der Waals surface area contributed by atoms with Crippen LogP contribution in [0, 0.1) is 5.92 Å². The van der Waals surface area contributed by atoms with Crippen molar-refractivity contribution in [3.05, 3.63) is 224 Å². The van der Waals surface area contributed by atoms with Crippen molar-refractivity contribution in [2.24, 2.45) is 5.92 Å². The first kappa shape index (κ1) is 35.5. The Hall–Kier alpha value is -7.40. The predicted molar refractivity (Wildman–Crippen MR) is 260 cm³/mol. The fourth-order valence-corrected chi connectivity index (χ4v) is 10.7. The van der Waals surface area contributed by atoms with Gasteiger partial charge in [-0.25, -0.2) is 0 Å². The van der Waals surface area contributed by atoms with E-state index in [1.165, 1.54) is 80.9 Å². The lowest BCUT2D eigenvalue weighted by Gasteiger charge is -2.31. The normalized spacial score (nSPS) is 15.9. The lowest BCUT2D eigenvalue weighted by atomic mass is 9.88. The number of nitrogens with one attached hydrogen (secondary N) is 1. The second kappa shape index (κ2) is 14.7. The quantitative estimate of drug-likeness (QED) is 0.173. The summed E-state index contributed by atoms with van der Waals surface area (Å²) < 4.78 is 5.12. The van der Waals surface area contributed by atoms with Crippen LogP contribution in [-0.2, 0) is 0 Å². The van der Waals surface area contributed by atoms with Gasteiger partial charge in [0.1, 0.15) is 6.17 Å². The van der Waals surface area contributed by atoms with Crippen molar-refractivity contribution in [3.8, 4) is 33.4 Å². The molecule has 2 aliphatic rings. The van der Waals surface area contributed by atoms with Gasteiger partial charge in [0.25, 0.3) is 0 Å². The molecular formula is C57H41N3S. The summed E-state index contributed by atoms with van der Waals surface area (Å²) in [4.78, 5) is 2.40. The molecule has 1 aliphatic carbocycles. The minimum absolute atomic E-state index is 0.147. The lowest BCUT2D eigenvalue weighted by molar-refractivity contribution is 0.389. The first-order chi connectivity index (χ1) is 30.2. The lowest BCUT2D eigenvalue weighted by Crippen LogP contribution is -2.30. The molecule has 0 saturated heterocycles. The number of thiophene rings is 1. The van der Waals surface area contributed by atoms with Gasteiger partial charge < -0.3 is 14.8 Å². The van der Waals surface area contributed by atoms with E-state index in [2.05, 4.69) is 233 Å². The van der Waals surface area contributed by atoms with Gasteiger partial charge >= 0.3 is 0 Å². The van der Waals surface area contributed by atoms with Crippen LogP contribution in [0.2, 0.25) is 0 Å². The molecule has 3 heterocycles. The highest BCUT2D eigenvalue weighted by molar-refractivity contribution is 7.25. The highest BCUT2D eigenvalue weighted by Crippen LogP contribution is 2.43. The maximum Gasteiger partial charge on any atom is 0.104 e. The molecular weight excluding hydrogens is 759 g/mol. The molecule has 1 aliphatic heterocycles. The monoisotopic (exact) mass is 799 g/mol. The van der Waals surface area contributed by atoms with Gasteiger partial charge in [0.05, 0.1) is 11.0 Å². The molecule has 0 fully saturated rings. The number of nitrogens with zero attached hydrogens (tertiary/aromatic N) is 2. The van der Waals surface area contributed by atoms with E-state index < -0.39 is 0 Å². The Balaban J connectivity index is 0.937. The van der Waals surface area contributed by atoms with Crippen molar-refractivity contribution < 1.29 is 0 Å². The van der Waals surface area contributed by atoms with Crippen LogP contribution in [0.5, 0.6) is 0 Å². The van der Waals surface area contributed by atoms with E-state index in [-0.39, 0.29) is 6.17 Å². The predicted octanol–water partition coefficient (Wildman–Crippen LogP) is 15.8. The first-order valence-electron chi connectivity index (χ1n) is 21.1. The smallest absolute Gasteiger partial charge is 0.104 e. The molecule has 2 aromatic heterocycles. The second-order valence-corrected chi connectivity index (χ2v) is 17.3. The zero-order valence-electron chi connectivity index (χ0n) is 33.4. The summed E-state index contributed by atoms with van der Waals surface area (Å²) in [6.45, 7) is 0. The molecule has 4 heteroatoms. The number of hydrogen-bond acceptors (Lipinski definition) is 3. The Morgan fingerprint density at radius 3 is 1.95 bits per heavy atom. The van der Waals surface area contributed by atoms with E-state index in [1.54, 1.807) is 0 Å². The third-order valence-corrected chi connectivity index (χ3v) is 13.7. The second-order valence-electron chi connectivity index (χ2n) is 16.2. The standard InChI is InChI=1S/C57H41N3S/c1-2-12-38(13-3-1)39-24-27-46(28-25-39)59(48-29-31-52-51-21-7-9-23-55(51)61-56(52)36-48)47-19-11-18-42(33-47)40-16-10-17-41(32-40)44-26-30-50-49-20-6-8-22-53(49)60(54(50)34-44)57-35-43-14-4-5-15-45(43)37-58-57/h1-34,36-37,43,57-58H,35H2. The number of benzene rings is 8. The van der Waals surface area contributed by atoms with E-state index in [4.69, 9.17) is 0 Å². The van der Waals surface area contributed by atoms with Crippen LogP contribution in [0.3, 0.4) is 0 Å². The van der Waals surface area contributed by atoms with Gasteiger partial charge in [-0.3, -0.25) is 0 Å². The summed E-state index contributed by atoms with van der Waals surface area (Å²) in [5.74, 6) is 0.409. The topological polar surface area (TPSA) is 20.2 Å². The zero-order chi connectivity index (χ0) is 40.3. The van der Waals surface area contributed by atoms with E-state index in [0.717, 1.165) is 23.5 Å². The van der Waals surface area contributed by atoms with Gasteiger partial charge in [-0.05, 0) is 106 Å². The number of para-hydroxylation sites is 1. The van der Waals surface area contributed by atoms with Gasteiger partial charge in [0.2, 0.25) is 0 Å². The third kappa shape index (κ3) is 6.27. The van der Waals surface area contributed by atoms with E-state index in [0.29, 0.717) is 5.92 Å². The summed E-state index contributed by atoms with van der Waals surface area (Å²) in [7, 11) is 0. The minimum Gasteiger partial charge on any atom is -0.371 e. The Labute approximate surface area is 359 Å². The number of allylic oxidation sites excluding steroid dienone is 5. The molecule has 61 heavy (non-hydrogen) atoms. The number of anilines is 3. The van der Waals surface area contributed by atoms with E-state index >= 15 is 0 Å². The van der Waals surface area contributed by atoms with Crippen LogP contribution < -0.4 is 10.2 Å². The van der Waals surface area contributed by atoms with Crippen molar-refractivity contribution in [2.75, 3.05) is 4.90 Å². The molecule has 2 atom stereocenters. The molecule has 10 aromatic rings. The third-order valence-electron chi connectivity index (χ3n) is 12.6. The largest absolute Gasteiger partial charge is 0.371 e. The maximum absolute atomic E-state index is 3.77. The highest BCUT2D eigenvalue weighted by Gasteiger charge is 2.26. The average molecular weight is 800 g/mol. The Kier molecular flexibility index (Phi) is 8.56. The van der Waals surface area contributed by atoms with Crippen LogP contribution in [0.4, 0.5) is 17.1 Å². The van der Waals surface area contributed by atoms with Crippen molar-refractivity contribution in [2.45, 2.75) is 12.6 Å². The number of fused-ring (bicyclic) bond motifs is 7. The van der Waals surface area contributed by atoms with Crippen molar-refractivity contribution in [3.63, 3.8) is 0 Å². The molecule has 290 valence electrons. The van der Waals surface area contributed by atoms with Gasteiger partial charge in [0.15, 0.2) is 0 Å². The SMILES string of the molecule is C1=CC2=CNC(n3c4ccccc4c4ccc(-c5cccc(-c6cccc(N(c7ccc(-c8ccccc8)cc7)c7ccc8c(c7)sc7ccccc78)c6)c5)cc43)CC2C=C1. The van der Waals surface area contributed by atoms with Crippen molar-refractivity contribution in [1.29, 1.82) is 0 Å². The molecule has 1 N–H and O–H groups in total. The number of hydrogen-bond donors (Lipinski definition) is 1. The maximum atomic E-state index is 3.77. The van der Waals surface area contributed by atoms with Crippen LogP contribution in [-0.4, -0.2) is 4.57 Å². The van der Waals surface area contributed by atoms with Crippen LogP contribution in [0.15, 0.2) is 224 Å². The van der Waals surface area contributed by atoms with Crippen molar-refractivity contribution >= 4 is 70.4 Å². The van der Waals surface area contributed by atoms with E-state index in [1.807, 2.05) is 11.3 Å². The Bertz CT molecular complexity index is 3380. The van der Waals surface area contributed by atoms with Crippen LogP contribution in [0.25, 0.3) is 75.4 Å². The Morgan fingerprint density at radius 1 is 0.459 bits per heavy atom. The summed E-state index contributed by atoms with van der Waals surface area (Å²) in [5.41, 5.74) is 14.4. The van der Waals surface area contributed by atoms with Gasteiger partial charge in [0, 0.05) is 60.1 Å². The molecule has 12 rings (SSSR count). The molecule has 0 amide bonds. The molecule has 2 unspecified atom stereocenters. The summed E-state index contributed by atoms with van der Waals surface area (Å²) >= 11 is 1.86. The van der Waals surface area contributed by atoms with Crippen LogP contribution >= 0.6 is 11.3 Å². The summed E-state index contributed by atoms with van der Waals surface area (Å²) in [6.07, 6.45) is 12.2. The molecule has 0 radical (unpaired) electrons. The summed E-state index contributed by atoms with van der Waals surface area (Å²) in [6, 6.07) is 69.1. The van der Waals surface area contributed by atoms with Gasteiger partial charge in [-0.1, -0.05) is 152 Å². The minimum atomic E-state index is 0.147. The first-order valence-corrected chi connectivity index (χ1v) is 21.9. The molecule has 0 bridgehead atoms. The molecule has 0 saturated carbocycles. The Morgan fingerprint density at radius 2 is 1.08 bits per heavy atom. The fourth-order valence-electron chi connectivity index (χ4n) is 9.60. The fraction of sp³-hybridized carbons (Fsp3) is 0.0526. The zero-order valence-corrected chi connectivity index (χ0v) is 34.3. The van der Waals surface area contributed by atoms with Crippen LogP contribution in [0.1, 0.15) is 12.6 Å². The average Bonchev–Trinajstić information content (AvgIpc) is 3.87.